The minimum absolute atomic E-state index is 0.193. The summed E-state index contributed by atoms with van der Waals surface area (Å²) < 4.78 is 24.2. The van der Waals surface area contributed by atoms with E-state index in [4.69, 9.17) is 18.9 Å². The van der Waals surface area contributed by atoms with Gasteiger partial charge < -0.3 is 18.9 Å². The van der Waals surface area contributed by atoms with E-state index < -0.39 is 12.0 Å². The van der Waals surface area contributed by atoms with E-state index in [9.17, 15) is 9.59 Å². The number of thiazole rings is 1. The Kier molecular flexibility index (Phi) is 8.36. The maximum absolute atomic E-state index is 13.8. The Morgan fingerprint density at radius 3 is 2.45 bits per heavy atom. The first-order chi connectivity index (χ1) is 18.3. The number of esters is 1. The lowest BCUT2D eigenvalue weighted by molar-refractivity contribution is -0.139. The highest BCUT2D eigenvalue weighted by Crippen LogP contribution is 2.37. The van der Waals surface area contributed by atoms with Crippen LogP contribution in [0.3, 0.4) is 0 Å². The van der Waals surface area contributed by atoms with Gasteiger partial charge in [0.1, 0.15) is 23.3 Å². The molecule has 2 aromatic carbocycles. The molecule has 38 heavy (non-hydrogen) atoms. The van der Waals surface area contributed by atoms with Crippen molar-refractivity contribution >= 4 is 23.4 Å². The van der Waals surface area contributed by atoms with E-state index in [0.29, 0.717) is 44.6 Å². The second-order valence-corrected chi connectivity index (χ2v) is 10.2. The lowest BCUT2D eigenvalue weighted by atomic mass is 9.94. The molecule has 0 saturated carbocycles. The SMILES string of the molecule is CCOC(=O)C1=C(C)N=c2s/c(=C/c3ccc(OCC(C)C)cc3)c(=O)n2[C@H]1c1cc(OC)ccc1OC. The number of nitrogens with zero attached hydrogens (tertiary/aromatic N) is 2. The van der Waals surface area contributed by atoms with Gasteiger partial charge in [-0.05, 0) is 61.7 Å². The topological polar surface area (TPSA) is 88.4 Å². The van der Waals surface area contributed by atoms with Crippen molar-refractivity contribution in [2.75, 3.05) is 27.4 Å². The van der Waals surface area contributed by atoms with Crippen LogP contribution in [0.25, 0.3) is 6.08 Å². The van der Waals surface area contributed by atoms with Crippen LogP contribution >= 0.6 is 11.3 Å². The van der Waals surface area contributed by atoms with Gasteiger partial charge in [-0.15, -0.1) is 0 Å². The van der Waals surface area contributed by atoms with Crippen LogP contribution in [0.4, 0.5) is 0 Å². The number of aromatic nitrogens is 1. The molecule has 200 valence electrons. The Morgan fingerprint density at radius 1 is 1.11 bits per heavy atom. The highest BCUT2D eigenvalue weighted by molar-refractivity contribution is 7.07. The van der Waals surface area contributed by atoms with Crippen LogP contribution in [0.5, 0.6) is 17.2 Å². The van der Waals surface area contributed by atoms with Crippen LogP contribution in [0, 0.1) is 5.92 Å². The summed E-state index contributed by atoms with van der Waals surface area (Å²) in [7, 11) is 3.10. The molecule has 0 unspecified atom stereocenters. The van der Waals surface area contributed by atoms with Crippen molar-refractivity contribution in [1.82, 2.24) is 4.57 Å². The van der Waals surface area contributed by atoms with Gasteiger partial charge >= 0.3 is 5.97 Å². The van der Waals surface area contributed by atoms with Gasteiger partial charge in [-0.2, -0.15) is 0 Å². The van der Waals surface area contributed by atoms with Crippen molar-refractivity contribution in [2.24, 2.45) is 10.9 Å². The summed E-state index contributed by atoms with van der Waals surface area (Å²) in [5.41, 5.74) is 1.95. The molecule has 9 heteroatoms. The van der Waals surface area contributed by atoms with Gasteiger partial charge in [0.15, 0.2) is 4.80 Å². The normalized spacial score (nSPS) is 15.2. The number of hydrogen-bond acceptors (Lipinski definition) is 8. The van der Waals surface area contributed by atoms with Gasteiger partial charge in [-0.3, -0.25) is 9.36 Å². The monoisotopic (exact) mass is 536 g/mol. The quantitative estimate of drug-likeness (QED) is 0.386. The number of ether oxygens (including phenoxy) is 4. The Balaban J connectivity index is 1.87. The Bertz CT molecular complexity index is 1530. The number of carbonyl (C=O) groups excluding carboxylic acids is 1. The minimum Gasteiger partial charge on any atom is -0.497 e. The number of fused-ring (bicyclic) bond motifs is 1. The van der Waals surface area contributed by atoms with Gasteiger partial charge in [-0.25, -0.2) is 9.79 Å². The van der Waals surface area contributed by atoms with E-state index in [1.807, 2.05) is 30.3 Å². The smallest absolute Gasteiger partial charge is 0.338 e. The molecular formula is C29H32N2O6S. The van der Waals surface area contributed by atoms with Crippen molar-refractivity contribution in [2.45, 2.75) is 33.7 Å². The predicted octanol–water partition coefficient (Wildman–Crippen LogP) is 3.85. The first-order valence-corrected chi connectivity index (χ1v) is 13.2. The zero-order valence-corrected chi connectivity index (χ0v) is 23.3. The first kappa shape index (κ1) is 27.2. The van der Waals surface area contributed by atoms with Crippen molar-refractivity contribution in [3.8, 4) is 17.2 Å². The zero-order valence-electron chi connectivity index (χ0n) is 22.4. The second-order valence-electron chi connectivity index (χ2n) is 9.18. The molecule has 4 rings (SSSR count). The Morgan fingerprint density at radius 2 is 1.82 bits per heavy atom. The Hall–Kier alpha value is -3.85. The molecule has 3 aromatic rings. The van der Waals surface area contributed by atoms with Crippen molar-refractivity contribution < 1.29 is 23.7 Å². The maximum atomic E-state index is 13.8. The third-order valence-electron chi connectivity index (χ3n) is 6.01. The lowest BCUT2D eigenvalue weighted by Gasteiger charge is -2.26. The highest BCUT2D eigenvalue weighted by Gasteiger charge is 2.35. The summed E-state index contributed by atoms with van der Waals surface area (Å²) in [5, 5.41) is 0. The summed E-state index contributed by atoms with van der Waals surface area (Å²) in [6, 6.07) is 12.1. The molecule has 0 saturated heterocycles. The molecule has 1 aliphatic heterocycles. The van der Waals surface area contributed by atoms with E-state index in [-0.39, 0.29) is 17.7 Å². The molecule has 0 N–H and O–H groups in total. The molecule has 1 aliphatic rings. The van der Waals surface area contributed by atoms with Gasteiger partial charge in [0.05, 0.1) is 43.2 Å². The highest BCUT2D eigenvalue weighted by atomic mass is 32.1. The molecule has 8 nitrogen and oxygen atoms in total. The molecule has 0 spiro atoms. The van der Waals surface area contributed by atoms with Crippen LogP contribution in [-0.4, -0.2) is 38.0 Å². The van der Waals surface area contributed by atoms with Crippen molar-refractivity contribution in [3.63, 3.8) is 0 Å². The molecule has 0 amide bonds. The molecule has 0 radical (unpaired) electrons. The van der Waals surface area contributed by atoms with E-state index in [2.05, 4.69) is 18.8 Å². The maximum Gasteiger partial charge on any atom is 0.338 e. The fraction of sp³-hybridized carbons (Fsp3) is 0.345. The summed E-state index contributed by atoms with van der Waals surface area (Å²) in [6.07, 6.45) is 1.82. The van der Waals surface area contributed by atoms with Crippen LogP contribution < -0.4 is 29.1 Å². The van der Waals surface area contributed by atoms with E-state index in [1.54, 1.807) is 46.3 Å². The number of carbonyl (C=O) groups is 1. The number of benzene rings is 2. The number of hydrogen-bond donors (Lipinski definition) is 0. The lowest BCUT2D eigenvalue weighted by Crippen LogP contribution is -2.40. The van der Waals surface area contributed by atoms with Crippen molar-refractivity contribution in [1.29, 1.82) is 0 Å². The molecule has 1 atom stereocenters. The van der Waals surface area contributed by atoms with Crippen LogP contribution in [-0.2, 0) is 9.53 Å². The third kappa shape index (κ3) is 5.52. The average molecular weight is 537 g/mol. The number of rotatable bonds is 9. The molecule has 0 aliphatic carbocycles. The molecule has 0 fully saturated rings. The van der Waals surface area contributed by atoms with Crippen LogP contribution in [0.2, 0.25) is 0 Å². The average Bonchev–Trinajstić information content (AvgIpc) is 3.21. The van der Waals surface area contributed by atoms with Gasteiger partial charge in [0.25, 0.3) is 5.56 Å². The number of methoxy groups -OCH3 is 2. The van der Waals surface area contributed by atoms with E-state index in [1.165, 1.54) is 15.9 Å². The van der Waals surface area contributed by atoms with Crippen molar-refractivity contribution in [3.05, 3.63) is 84.5 Å². The van der Waals surface area contributed by atoms with Gasteiger partial charge in [0, 0.05) is 5.56 Å². The molecule has 0 bridgehead atoms. The fourth-order valence-corrected chi connectivity index (χ4v) is 5.26. The number of allylic oxidation sites excluding steroid dienone is 1. The third-order valence-corrected chi connectivity index (χ3v) is 6.99. The van der Waals surface area contributed by atoms with Gasteiger partial charge in [-0.1, -0.05) is 37.3 Å². The standard InChI is InChI=1S/C29H32N2O6S/c1-7-36-28(33)25-18(4)30-29-31(26(25)22-15-21(34-5)12-13-23(22)35-6)27(32)24(38-29)14-19-8-10-20(11-9-19)37-16-17(2)3/h8-15,17,26H,7,16H2,1-6H3/b24-14+/t26-/m0/s1. The largest absolute Gasteiger partial charge is 0.497 e. The molecular weight excluding hydrogens is 504 g/mol. The molecule has 2 heterocycles. The zero-order chi connectivity index (χ0) is 27.4. The van der Waals surface area contributed by atoms with E-state index >= 15 is 0 Å². The van der Waals surface area contributed by atoms with Crippen LogP contribution in [0.1, 0.15) is 44.9 Å². The first-order valence-electron chi connectivity index (χ1n) is 12.4. The summed E-state index contributed by atoms with van der Waals surface area (Å²) in [5.74, 6) is 1.75. The summed E-state index contributed by atoms with van der Waals surface area (Å²) in [4.78, 5) is 32.1. The molecule has 1 aromatic heterocycles. The summed E-state index contributed by atoms with van der Waals surface area (Å²) in [6.45, 7) is 8.50. The second kappa shape index (κ2) is 11.7. The fourth-order valence-electron chi connectivity index (χ4n) is 4.21. The summed E-state index contributed by atoms with van der Waals surface area (Å²) >= 11 is 1.27. The van der Waals surface area contributed by atoms with Gasteiger partial charge in [0.2, 0.25) is 0 Å². The Labute approximate surface area is 225 Å². The predicted molar refractivity (Wildman–Crippen MR) is 147 cm³/mol. The van der Waals surface area contributed by atoms with E-state index in [0.717, 1.165) is 11.3 Å². The minimum atomic E-state index is -0.802. The van der Waals surface area contributed by atoms with Crippen LogP contribution in [0.15, 0.2) is 63.5 Å².